The second-order valence-electron chi connectivity index (χ2n) is 4.11. The number of nitrogens with zero attached hydrogens (tertiary/aromatic N) is 1. The summed E-state index contributed by atoms with van der Waals surface area (Å²) < 4.78 is 9.97. The molecule has 0 saturated carbocycles. The summed E-state index contributed by atoms with van der Waals surface area (Å²) in [5.74, 6) is 1.16. The molecule has 0 unspecified atom stereocenters. The lowest BCUT2D eigenvalue weighted by atomic mass is 10.0. The van der Waals surface area contributed by atoms with E-state index in [0.29, 0.717) is 5.92 Å². The zero-order valence-corrected chi connectivity index (χ0v) is 11.0. The highest BCUT2D eigenvalue weighted by molar-refractivity contribution is 5.87. The first-order valence-corrected chi connectivity index (χ1v) is 5.50. The van der Waals surface area contributed by atoms with Crippen molar-refractivity contribution in [1.82, 2.24) is 0 Å². The summed E-state index contributed by atoms with van der Waals surface area (Å²) >= 11 is 0. The Labute approximate surface area is 102 Å². The topological polar surface area (TPSA) is 38.8 Å². The van der Waals surface area contributed by atoms with E-state index in [2.05, 4.69) is 18.6 Å². The molecule has 0 bridgehead atoms. The fraction of sp³-hybridized carbons (Fsp3) is 0.462. The van der Waals surface area contributed by atoms with Gasteiger partial charge in [-0.2, -0.15) is 0 Å². The number of benzene rings is 1. The van der Waals surface area contributed by atoms with E-state index < -0.39 is 0 Å². The molecule has 0 N–H and O–H groups in total. The summed E-state index contributed by atoms with van der Waals surface area (Å²) in [4.78, 5) is 12.9. The highest BCUT2D eigenvalue weighted by atomic mass is 16.5. The molecule has 0 heterocycles. The van der Waals surface area contributed by atoms with Crippen LogP contribution in [-0.4, -0.2) is 27.4 Å². The van der Waals surface area contributed by atoms with Crippen LogP contribution >= 0.6 is 0 Å². The molecule has 94 valence electrons. The SMILES string of the molecule is COC(=O)N(C)c1ccc(OC)c(C(C)C)c1. The van der Waals surface area contributed by atoms with Gasteiger partial charge in [-0.1, -0.05) is 13.8 Å². The molecule has 0 aliphatic rings. The Bertz CT molecular complexity index is 402. The van der Waals surface area contributed by atoms with Crippen LogP contribution in [0.25, 0.3) is 0 Å². The van der Waals surface area contributed by atoms with Gasteiger partial charge in [-0.3, -0.25) is 4.90 Å². The Balaban J connectivity index is 3.12. The smallest absolute Gasteiger partial charge is 0.413 e. The minimum atomic E-state index is -0.384. The third-order valence-electron chi connectivity index (χ3n) is 2.67. The lowest BCUT2D eigenvalue weighted by Crippen LogP contribution is -2.25. The van der Waals surface area contributed by atoms with Crippen molar-refractivity contribution in [3.8, 4) is 5.75 Å². The van der Waals surface area contributed by atoms with Crippen LogP contribution in [0.15, 0.2) is 18.2 Å². The van der Waals surface area contributed by atoms with Crippen molar-refractivity contribution in [1.29, 1.82) is 0 Å². The third kappa shape index (κ3) is 2.90. The first kappa shape index (κ1) is 13.4. The van der Waals surface area contributed by atoms with E-state index in [1.807, 2.05) is 18.2 Å². The minimum Gasteiger partial charge on any atom is -0.496 e. The van der Waals surface area contributed by atoms with Gasteiger partial charge in [0.15, 0.2) is 0 Å². The molecule has 1 amide bonds. The molecule has 0 aliphatic carbocycles. The number of anilines is 1. The molecule has 17 heavy (non-hydrogen) atoms. The molecule has 1 aromatic carbocycles. The van der Waals surface area contributed by atoms with Crippen LogP contribution in [0.5, 0.6) is 5.75 Å². The lowest BCUT2D eigenvalue weighted by Gasteiger charge is -2.19. The molecule has 0 radical (unpaired) electrons. The summed E-state index contributed by atoms with van der Waals surface area (Å²) in [5, 5.41) is 0. The molecule has 0 fully saturated rings. The normalized spacial score (nSPS) is 10.2. The van der Waals surface area contributed by atoms with Crippen molar-refractivity contribution in [2.24, 2.45) is 0 Å². The van der Waals surface area contributed by atoms with Crippen LogP contribution < -0.4 is 9.64 Å². The van der Waals surface area contributed by atoms with Gasteiger partial charge in [-0.15, -0.1) is 0 Å². The number of ether oxygens (including phenoxy) is 2. The van der Waals surface area contributed by atoms with Gasteiger partial charge in [0.05, 0.1) is 14.2 Å². The predicted molar refractivity (Wildman–Crippen MR) is 67.9 cm³/mol. The van der Waals surface area contributed by atoms with Gasteiger partial charge in [0, 0.05) is 12.7 Å². The Morgan fingerprint density at radius 2 is 1.94 bits per heavy atom. The van der Waals surface area contributed by atoms with Crippen LogP contribution in [0.3, 0.4) is 0 Å². The number of carbonyl (C=O) groups is 1. The first-order valence-electron chi connectivity index (χ1n) is 5.50. The largest absolute Gasteiger partial charge is 0.496 e. The van der Waals surface area contributed by atoms with E-state index in [4.69, 9.17) is 4.74 Å². The first-order chi connectivity index (χ1) is 8.01. The van der Waals surface area contributed by atoms with Crippen molar-refractivity contribution in [2.75, 3.05) is 26.2 Å². The third-order valence-corrected chi connectivity index (χ3v) is 2.67. The van der Waals surface area contributed by atoms with Crippen LogP contribution in [-0.2, 0) is 4.74 Å². The molecule has 4 heteroatoms. The summed E-state index contributed by atoms with van der Waals surface area (Å²) in [6, 6.07) is 5.64. The fourth-order valence-corrected chi connectivity index (χ4v) is 1.62. The number of amides is 1. The van der Waals surface area contributed by atoms with Crippen LogP contribution in [0.2, 0.25) is 0 Å². The van der Waals surface area contributed by atoms with Crippen LogP contribution in [0.4, 0.5) is 10.5 Å². The van der Waals surface area contributed by atoms with E-state index in [-0.39, 0.29) is 6.09 Å². The van der Waals surface area contributed by atoms with Gasteiger partial charge >= 0.3 is 6.09 Å². The van der Waals surface area contributed by atoms with Gasteiger partial charge in [0.25, 0.3) is 0 Å². The van der Waals surface area contributed by atoms with Gasteiger partial charge in [0.1, 0.15) is 5.75 Å². The van der Waals surface area contributed by atoms with Crippen LogP contribution in [0.1, 0.15) is 25.3 Å². The number of hydrogen-bond acceptors (Lipinski definition) is 3. The molecule has 0 spiro atoms. The highest BCUT2D eigenvalue weighted by Gasteiger charge is 2.14. The van der Waals surface area contributed by atoms with Crippen molar-refractivity contribution in [3.05, 3.63) is 23.8 Å². The standard InChI is InChI=1S/C13H19NO3/c1-9(2)11-8-10(6-7-12(11)16-4)14(3)13(15)17-5/h6-9H,1-5H3. The molecule has 4 nitrogen and oxygen atoms in total. The summed E-state index contributed by atoms with van der Waals surface area (Å²) in [6.07, 6.45) is -0.384. The Morgan fingerprint density at radius 1 is 1.29 bits per heavy atom. The van der Waals surface area contributed by atoms with Gasteiger partial charge in [-0.25, -0.2) is 4.79 Å². The monoisotopic (exact) mass is 237 g/mol. The maximum absolute atomic E-state index is 11.4. The number of carbonyl (C=O) groups excluding carboxylic acids is 1. The molecule has 0 aliphatic heterocycles. The summed E-state index contributed by atoms with van der Waals surface area (Å²) in [6.45, 7) is 4.17. The maximum Gasteiger partial charge on any atom is 0.413 e. The number of hydrogen-bond donors (Lipinski definition) is 0. The number of methoxy groups -OCH3 is 2. The minimum absolute atomic E-state index is 0.330. The molecule has 0 aromatic heterocycles. The molecule has 1 aromatic rings. The average Bonchev–Trinajstić information content (AvgIpc) is 2.35. The second-order valence-corrected chi connectivity index (χ2v) is 4.11. The van der Waals surface area contributed by atoms with E-state index in [1.165, 1.54) is 12.0 Å². The Hall–Kier alpha value is -1.71. The van der Waals surface area contributed by atoms with Gasteiger partial charge < -0.3 is 9.47 Å². The molecule has 0 atom stereocenters. The molecule has 1 rings (SSSR count). The van der Waals surface area contributed by atoms with Crippen LogP contribution in [0, 0.1) is 0 Å². The lowest BCUT2D eigenvalue weighted by molar-refractivity contribution is 0.180. The Morgan fingerprint density at radius 3 is 2.41 bits per heavy atom. The zero-order valence-electron chi connectivity index (χ0n) is 11.0. The molecular weight excluding hydrogens is 218 g/mol. The van der Waals surface area contributed by atoms with E-state index >= 15 is 0 Å². The molecular formula is C13H19NO3. The van der Waals surface area contributed by atoms with E-state index in [0.717, 1.165) is 17.0 Å². The van der Waals surface area contributed by atoms with Crippen molar-refractivity contribution in [3.63, 3.8) is 0 Å². The van der Waals surface area contributed by atoms with Crippen molar-refractivity contribution in [2.45, 2.75) is 19.8 Å². The van der Waals surface area contributed by atoms with Crippen molar-refractivity contribution < 1.29 is 14.3 Å². The fourth-order valence-electron chi connectivity index (χ4n) is 1.62. The van der Waals surface area contributed by atoms with Gasteiger partial charge in [0.2, 0.25) is 0 Å². The van der Waals surface area contributed by atoms with E-state index in [9.17, 15) is 4.79 Å². The Kier molecular flexibility index (Phi) is 4.37. The van der Waals surface area contributed by atoms with Gasteiger partial charge in [-0.05, 0) is 29.7 Å². The quantitative estimate of drug-likeness (QED) is 0.811. The van der Waals surface area contributed by atoms with E-state index in [1.54, 1.807) is 14.2 Å². The highest BCUT2D eigenvalue weighted by Crippen LogP contribution is 2.30. The maximum atomic E-state index is 11.4. The molecule has 0 saturated heterocycles. The predicted octanol–water partition coefficient (Wildman–Crippen LogP) is 3.02. The number of rotatable bonds is 3. The second kappa shape index (κ2) is 5.57. The zero-order chi connectivity index (χ0) is 13.0. The average molecular weight is 237 g/mol. The summed E-state index contributed by atoms with van der Waals surface area (Å²) in [5.41, 5.74) is 1.86. The van der Waals surface area contributed by atoms with Crippen molar-refractivity contribution >= 4 is 11.8 Å². The summed E-state index contributed by atoms with van der Waals surface area (Å²) in [7, 11) is 4.69.